The summed E-state index contributed by atoms with van der Waals surface area (Å²) in [7, 11) is 1.39. The Balaban J connectivity index is 1.51. The van der Waals surface area contributed by atoms with Crippen LogP contribution in [0.3, 0.4) is 0 Å². The molecule has 3 rings (SSSR count). The number of carbonyl (C=O) groups excluding carboxylic acids is 1. The van der Waals surface area contributed by atoms with Crippen molar-refractivity contribution < 1.29 is 14.3 Å². The molecule has 1 aliphatic heterocycles. The lowest BCUT2D eigenvalue weighted by atomic mass is 10.1. The molecule has 6 heteroatoms. The molecule has 2 aromatic rings. The molecule has 128 valence electrons. The van der Waals surface area contributed by atoms with Crippen molar-refractivity contribution in [1.29, 1.82) is 0 Å². The van der Waals surface area contributed by atoms with E-state index < -0.39 is 6.10 Å². The smallest absolute Gasteiger partial charge is 0.336 e. The van der Waals surface area contributed by atoms with Crippen molar-refractivity contribution in [3.8, 4) is 0 Å². The number of hydrogen-bond acceptors (Lipinski definition) is 6. The zero-order valence-corrected chi connectivity index (χ0v) is 14.6. The van der Waals surface area contributed by atoms with E-state index in [1.807, 2.05) is 6.07 Å². The van der Waals surface area contributed by atoms with Gasteiger partial charge in [0.1, 0.15) is 0 Å². The monoisotopic (exact) mass is 346 g/mol. The molecule has 24 heavy (non-hydrogen) atoms. The average Bonchev–Trinajstić information content (AvgIpc) is 3.08. The molecule has 0 amide bonds. The second-order valence-electron chi connectivity index (χ2n) is 5.84. The number of hydrogen-bond donors (Lipinski definition) is 0. The Morgan fingerprint density at radius 1 is 1.38 bits per heavy atom. The first-order valence-electron chi connectivity index (χ1n) is 8.13. The van der Waals surface area contributed by atoms with E-state index in [1.165, 1.54) is 12.7 Å². The Morgan fingerprint density at radius 2 is 2.21 bits per heavy atom. The third kappa shape index (κ3) is 4.63. The number of aromatic nitrogens is 1. The van der Waals surface area contributed by atoms with Crippen LogP contribution in [-0.2, 0) is 33.7 Å². The minimum atomic E-state index is -0.486. The van der Waals surface area contributed by atoms with E-state index in [2.05, 4.69) is 34.5 Å². The lowest BCUT2D eigenvalue weighted by Crippen LogP contribution is -2.46. The summed E-state index contributed by atoms with van der Waals surface area (Å²) < 4.78 is 10.2. The molecule has 0 saturated carbocycles. The summed E-state index contributed by atoms with van der Waals surface area (Å²) in [5.74, 6) is -0.304. The van der Waals surface area contributed by atoms with Gasteiger partial charge in [0.25, 0.3) is 0 Å². The Bertz CT molecular complexity index is 659. The zero-order chi connectivity index (χ0) is 16.8. The van der Waals surface area contributed by atoms with Crippen molar-refractivity contribution in [2.24, 2.45) is 0 Å². The van der Waals surface area contributed by atoms with Crippen molar-refractivity contribution in [3.63, 3.8) is 0 Å². The number of carbonyl (C=O) groups is 1. The number of ether oxygens (including phenoxy) is 2. The van der Waals surface area contributed by atoms with Gasteiger partial charge in [-0.05, 0) is 12.0 Å². The standard InChI is InChI=1S/C18H22N2O3S/c1-22-18(21)16-12-20(9-10-23-16)11-15-13-24-17(19-15)8-7-14-5-3-2-4-6-14/h2-6,13,16H,7-12H2,1H3. The van der Waals surface area contributed by atoms with Gasteiger partial charge in [0, 0.05) is 31.4 Å². The summed E-state index contributed by atoms with van der Waals surface area (Å²) in [6.07, 6.45) is 1.48. The second kappa shape index (κ2) is 8.37. The lowest BCUT2D eigenvalue weighted by Gasteiger charge is -2.30. The largest absolute Gasteiger partial charge is 0.467 e. The first-order valence-corrected chi connectivity index (χ1v) is 9.01. The fraction of sp³-hybridized carbons (Fsp3) is 0.444. The first kappa shape index (κ1) is 17.1. The molecule has 0 N–H and O–H groups in total. The molecule has 1 fully saturated rings. The molecule has 0 radical (unpaired) electrons. The molecule has 1 atom stereocenters. The Hall–Kier alpha value is -1.76. The molecular weight excluding hydrogens is 324 g/mol. The van der Waals surface area contributed by atoms with E-state index in [0.29, 0.717) is 13.2 Å². The van der Waals surface area contributed by atoms with Gasteiger partial charge in [-0.2, -0.15) is 0 Å². The number of esters is 1. The quantitative estimate of drug-likeness (QED) is 0.751. The van der Waals surface area contributed by atoms with Crippen LogP contribution in [0.2, 0.25) is 0 Å². The molecule has 0 spiro atoms. The van der Waals surface area contributed by atoms with Crippen LogP contribution in [0.25, 0.3) is 0 Å². The zero-order valence-electron chi connectivity index (χ0n) is 13.8. The van der Waals surface area contributed by atoms with Gasteiger partial charge >= 0.3 is 5.97 Å². The SMILES string of the molecule is COC(=O)C1CN(Cc2csc(CCc3ccccc3)n2)CCO1. The van der Waals surface area contributed by atoms with E-state index in [0.717, 1.165) is 36.6 Å². The van der Waals surface area contributed by atoms with E-state index >= 15 is 0 Å². The fourth-order valence-electron chi connectivity index (χ4n) is 2.78. The molecule has 1 aliphatic rings. The minimum Gasteiger partial charge on any atom is -0.467 e. The highest BCUT2D eigenvalue weighted by molar-refractivity contribution is 7.09. The van der Waals surface area contributed by atoms with Crippen LogP contribution in [0.4, 0.5) is 0 Å². The third-order valence-electron chi connectivity index (χ3n) is 4.07. The summed E-state index contributed by atoms with van der Waals surface area (Å²) in [5, 5.41) is 3.27. The predicted molar refractivity (Wildman–Crippen MR) is 93.0 cm³/mol. The van der Waals surface area contributed by atoms with Crippen molar-refractivity contribution >= 4 is 17.3 Å². The fourth-order valence-corrected chi connectivity index (χ4v) is 3.57. The Labute approximate surface area is 146 Å². The van der Waals surface area contributed by atoms with E-state index in [4.69, 9.17) is 14.5 Å². The van der Waals surface area contributed by atoms with Crippen LogP contribution in [0.15, 0.2) is 35.7 Å². The molecule has 1 aromatic heterocycles. The summed E-state index contributed by atoms with van der Waals surface area (Å²) in [6, 6.07) is 10.5. The topological polar surface area (TPSA) is 51.7 Å². The van der Waals surface area contributed by atoms with Gasteiger partial charge in [-0.25, -0.2) is 9.78 Å². The maximum Gasteiger partial charge on any atom is 0.336 e. The van der Waals surface area contributed by atoms with Gasteiger partial charge in [0.05, 0.1) is 24.4 Å². The molecular formula is C18H22N2O3S. The highest BCUT2D eigenvalue weighted by Gasteiger charge is 2.27. The van der Waals surface area contributed by atoms with Gasteiger partial charge < -0.3 is 9.47 Å². The van der Waals surface area contributed by atoms with Crippen molar-refractivity contribution in [3.05, 3.63) is 52.0 Å². The normalized spacial score (nSPS) is 18.5. The van der Waals surface area contributed by atoms with Crippen LogP contribution < -0.4 is 0 Å². The molecule has 1 unspecified atom stereocenters. The first-order chi connectivity index (χ1) is 11.7. The average molecular weight is 346 g/mol. The molecule has 2 heterocycles. The number of nitrogens with zero attached hydrogens (tertiary/aromatic N) is 2. The number of morpholine rings is 1. The highest BCUT2D eigenvalue weighted by atomic mass is 32.1. The van der Waals surface area contributed by atoms with Crippen LogP contribution in [0.1, 0.15) is 16.3 Å². The van der Waals surface area contributed by atoms with Crippen molar-refractivity contribution in [1.82, 2.24) is 9.88 Å². The van der Waals surface area contributed by atoms with Crippen LogP contribution >= 0.6 is 11.3 Å². The number of rotatable bonds is 6. The summed E-state index contributed by atoms with van der Waals surface area (Å²) in [4.78, 5) is 18.5. The van der Waals surface area contributed by atoms with Crippen LogP contribution in [0.5, 0.6) is 0 Å². The number of thiazole rings is 1. The highest BCUT2D eigenvalue weighted by Crippen LogP contribution is 2.16. The van der Waals surface area contributed by atoms with Crippen LogP contribution in [0, 0.1) is 0 Å². The molecule has 1 saturated heterocycles. The van der Waals surface area contributed by atoms with Crippen molar-refractivity contribution in [2.75, 3.05) is 26.8 Å². The third-order valence-corrected chi connectivity index (χ3v) is 5.03. The molecule has 0 aliphatic carbocycles. The summed E-state index contributed by atoms with van der Waals surface area (Å²) >= 11 is 1.71. The molecule has 5 nitrogen and oxygen atoms in total. The van der Waals surface area contributed by atoms with Gasteiger partial charge in [-0.15, -0.1) is 11.3 Å². The number of benzene rings is 1. The summed E-state index contributed by atoms with van der Waals surface area (Å²) in [6.45, 7) is 2.66. The van der Waals surface area contributed by atoms with E-state index in [1.54, 1.807) is 11.3 Å². The lowest BCUT2D eigenvalue weighted by molar-refractivity contribution is -0.160. The van der Waals surface area contributed by atoms with Crippen LogP contribution in [-0.4, -0.2) is 48.8 Å². The van der Waals surface area contributed by atoms with Crippen molar-refractivity contribution in [2.45, 2.75) is 25.5 Å². The van der Waals surface area contributed by atoms with Gasteiger partial charge in [-0.1, -0.05) is 30.3 Å². The van der Waals surface area contributed by atoms with E-state index in [9.17, 15) is 4.79 Å². The predicted octanol–water partition coefficient (Wildman–Crippen LogP) is 2.30. The summed E-state index contributed by atoms with van der Waals surface area (Å²) in [5.41, 5.74) is 2.40. The number of aryl methyl sites for hydroxylation is 2. The van der Waals surface area contributed by atoms with Gasteiger partial charge in [0.2, 0.25) is 0 Å². The Morgan fingerprint density at radius 3 is 3.00 bits per heavy atom. The van der Waals surface area contributed by atoms with Gasteiger partial charge in [0.15, 0.2) is 6.10 Å². The second-order valence-corrected chi connectivity index (χ2v) is 6.78. The maximum atomic E-state index is 11.6. The molecule has 1 aromatic carbocycles. The van der Waals surface area contributed by atoms with E-state index in [-0.39, 0.29) is 5.97 Å². The van der Waals surface area contributed by atoms with Gasteiger partial charge in [-0.3, -0.25) is 4.90 Å². The maximum absolute atomic E-state index is 11.6. The number of methoxy groups -OCH3 is 1. The molecule has 0 bridgehead atoms. The minimum absolute atomic E-state index is 0.304. The Kier molecular flexibility index (Phi) is 5.96.